The Bertz CT molecular complexity index is 834. The lowest BCUT2D eigenvalue weighted by Gasteiger charge is -2.29. The van der Waals surface area contributed by atoms with E-state index >= 15 is 0 Å². The largest absolute Gasteiger partial charge is 0.390 e. The molecule has 1 aliphatic rings. The zero-order valence-electron chi connectivity index (χ0n) is 15.1. The van der Waals surface area contributed by atoms with Crippen molar-refractivity contribution >= 4 is 21.8 Å². The number of β-amino-alcohol motifs (C(OH)–C–C–N with tert-alkyl or cyclic N) is 1. The maximum absolute atomic E-state index is 10.7. The van der Waals surface area contributed by atoms with Gasteiger partial charge in [0.1, 0.15) is 0 Å². The molecule has 2 N–H and O–H groups in total. The number of piperazine rings is 1. The van der Waals surface area contributed by atoms with E-state index in [0.717, 1.165) is 32.7 Å². The van der Waals surface area contributed by atoms with Crippen molar-refractivity contribution in [2.75, 3.05) is 32.7 Å². The number of aromatic nitrogens is 1. The van der Waals surface area contributed by atoms with Crippen molar-refractivity contribution in [3.8, 4) is 0 Å². The summed E-state index contributed by atoms with van der Waals surface area (Å²) in [6, 6.07) is 13.2. The molecular formula is C21H27N3O. The standard InChI is InChI=1S/C21H27N3O/c1-15-3-5-20-18(11-15)19-12-16(2)4-6-21(19)24(20)14-17(25)13-23-9-7-22-8-10-23/h3-6,11-12,17,22,25H,7-10,13-14H2,1-2H3. The maximum atomic E-state index is 10.7. The first-order valence-corrected chi connectivity index (χ1v) is 9.22. The molecule has 4 rings (SSSR count). The molecule has 2 heterocycles. The molecule has 1 aliphatic heterocycles. The first kappa shape index (κ1) is 16.6. The predicted molar refractivity (Wildman–Crippen MR) is 104 cm³/mol. The van der Waals surface area contributed by atoms with Gasteiger partial charge in [-0.05, 0) is 38.1 Å². The molecule has 1 fully saturated rings. The molecule has 1 saturated heterocycles. The normalized spacial score (nSPS) is 17.4. The summed E-state index contributed by atoms with van der Waals surface area (Å²) >= 11 is 0. The molecule has 1 aromatic heterocycles. The number of nitrogens with one attached hydrogen (secondary N) is 1. The van der Waals surface area contributed by atoms with Crippen molar-refractivity contribution in [2.45, 2.75) is 26.5 Å². The molecule has 0 spiro atoms. The van der Waals surface area contributed by atoms with Crippen molar-refractivity contribution < 1.29 is 5.11 Å². The van der Waals surface area contributed by atoms with Crippen molar-refractivity contribution in [1.82, 2.24) is 14.8 Å². The van der Waals surface area contributed by atoms with Crippen LogP contribution in [-0.4, -0.2) is 53.4 Å². The van der Waals surface area contributed by atoms with Gasteiger partial charge in [-0.1, -0.05) is 23.3 Å². The van der Waals surface area contributed by atoms with E-state index in [-0.39, 0.29) is 6.10 Å². The Balaban J connectivity index is 1.69. The van der Waals surface area contributed by atoms with Gasteiger partial charge in [0.15, 0.2) is 0 Å². The number of hydrogen-bond acceptors (Lipinski definition) is 3. The Labute approximate surface area is 149 Å². The van der Waals surface area contributed by atoms with Gasteiger partial charge >= 0.3 is 0 Å². The minimum absolute atomic E-state index is 0.362. The van der Waals surface area contributed by atoms with Gasteiger partial charge in [0.2, 0.25) is 0 Å². The van der Waals surface area contributed by atoms with Crippen molar-refractivity contribution in [3.63, 3.8) is 0 Å². The van der Waals surface area contributed by atoms with Crippen molar-refractivity contribution in [3.05, 3.63) is 47.5 Å². The third-order valence-electron chi connectivity index (χ3n) is 5.25. The minimum atomic E-state index is -0.362. The van der Waals surface area contributed by atoms with Crippen LogP contribution in [0, 0.1) is 13.8 Å². The van der Waals surface area contributed by atoms with Crippen molar-refractivity contribution in [1.29, 1.82) is 0 Å². The second kappa shape index (κ2) is 6.79. The van der Waals surface area contributed by atoms with Crippen LogP contribution < -0.4 is 5.32 Å². The maximum Gasteiger partial charge on any atom is 0.0845 e. The van der Waals surface area contributed by atoms with Crippen LogP contribution in [0.3, 0.4) is 0 Å². The van der Waals surface area contributed by atoms with Gasteiger partial charge in [-0.3, -0.25) is 4.90 Å². The number of fused-ring (bicyclic) bond motifs is 3. The highest BCUT2D eigenvalue weighted by Crippen LogP contribution is 2.30. The molecule has 0 aliphatic carbocycles. The van der Waals surface area contributed by atoms with Crippen LogP contribution in [0.25, 0.3) is 21.8 Å². The third kappa shape index (κ3) is 3.30. The Morgan fingerprint density at radius 1 is 0.920 bits per heavy atom. The van der Waals surface area contributed by atoms with Gasteiger partial charge < -0.3 is 15.0 Å². The molecule has 4 nitrogen and oxygen atoms in total. The van der Waals surface area contributed by atoms with E-state index in [9.17, 15) is 5.11 Å². The lowest BCUT2D eigenvalue weighted by molar-refractivity contribution is 0.0936. The van der Waals surface area contributed by atoms with E-state index in [1.54, 1.807) is 0 Å². The minimum Gasteiger partial charge on any atom is -0.390 e. The molecule has 1 atom stereocenters. The Kier molecular flexibility index (Phi) is 4.50. The quantitative estimate of drug-likeness (QED) is 0.769. The summed E-state index contributed by atoms with van der Waals surface area (Å²) < 4.78 is 2.29. The number of benzene rings is 2. The second-order valence-corrected chi connectivity index (χ2v) is 7.36. The number of nitrogens with zero attached hydrogens (tertiary/aromatic N) is 2. The highest BCUT2D eigenvalue weighted by molar-refractivity contribution is 6.08. The number of aliphatic hydroxyl groups is 1. The molecule has 1 unspecified atom stereocenters. The molecule has 132 valence electrons. The van der Waals surface area contributed by atoms with Crippen LogP contribution in [0.1, 0.15) is 11.1 Å². The average Bonchev–Trinajstić information content (AvgIpc) is 2.88. The molecule has 4 heteroatoms. The van der Waals surface area contributed by atoms with Gasteiger partial charge in [-0.25, -0.2) is 0 Å². The number of aryl methyl sites for hydroxylation is 2. The summed E-state index contributed by atoms with van der Waals surface area (Å²) in [4.78, 5) is 2.35. The van der Waals surface area contributed by atoms with Gasteiger partial charge in [0, 0.05) is 54.5 Å². The molecular weight excluding hydrogens is 310 g/mol. The Morgan fingerprint density at radius 3 is 2.04 bits per heavy atom. The van der Waals surface area contributed by atoms with Gasteiger partial charge in [0.25, 0.3) is 0 Å². The fraction of sp³-hybridized carbons (Fsp3) is 0.429. The molecule has 2 aromatic carbocycles. The topological polar surface area (TPSA) is 40.4 Å². The van der Waals surface area contributed by atoms with E-state index in [0.29, 0.717) is 6.54 Å². The zero-order valence-corrected chi connectivity index (χ0v) is 15.1. The van der Waals surface area contributed by atoms with E-state index in [4.69, 9.17) is 0 Å². The molecule has 0 radical (unpaired) electrons. The predicted octanol–water partition coefficient (Wildman–Crippen LogP) is 2.68. The summed E-state index contributed by atoms with van der Waals surface area (Å²) in [7, 11) is 0. The van der Waals surface area contributed by atoms with Gasteiger partial charge in [-0.2, -0.15) is 0 Å². The first-order chi connectivity index (χ1) is 12.1. The van der Waals surface area contributed by atoms with E-state index in [1.807, 2.05) is 0 Å². The fourth-order valence-corrected chi connectivity index (χ4v) is 3.99. The highest BCUT2D eigenvalue weighted by Gasteiger charge is 2.17. The molecule has 0 saturated carbocycles. The Morgan fingerprint density at radius 2 is 1.48 bits per heavy atom. The highest BCUT2D eigenvalue weighted by atomic mass is 16.3. The number of hydrogen-bond donors (Lipinski definition) is 2. The SMILES string of the molecule is Cc1ccc2c(c1)c1cc(C)ccc1n2CC(O)CN1CCNCC1. The molecule has 0 bridgehead atoms. The monoisotopic (exact) mass is 337 g/mol. The number of rotatable bonds is 4. The lowest BCUT2D eigenvalue weighted by atomic mass is 10.1. The third-order valence-corrected chi connectivity index (χ3v) is 5.25. The first-order valence-electron chi connectivity index (χ1n) is 9.22. The Hall–Kier alpha value is -1.88. The molecule has 3 aromatic rings. The van der Waals surface area contributed by atoms with Crippen LogP contribution in [0.4, 0.5) is 0 Å². The van der Waals surface area contributed by atoms with E-state index < -0.39 is 0 Å². The van der Waals surface area contributed by atoms with Crippen LogP contribution in [-0.2, 0) is 6.54 Å². The second-order valence-electron chi connectivity index (χ2n) is 7.36. The summed E-state index contributed by atoms with van der Waals surface area (Å²) in [5, 5.41) is 16.7. The lowest BCUT2D eigenvalue weighted by Crippen LogP contribution is -2.46. The van der Waals surface area contributed by atoms with Crippen LogP contribution >= 0.6 is 0 Å². The number of aliphatic hydroxyl groups excluding tert-OH is 1. The molecule has 0 amide bonds. The molecule has 25 heavy (non-hydrogen) atoms. The van der Waals surface area contributed by atoms with Crippen LogP contribution in [0.15, 0.2) is 36.4 Å². The van der Waals surface area contributed by atoms with E-state index in [1.165, 1.54) is 32.9 Å². The van der Waals surface area contributed by atoms with Crippen LogP contribution in [0.5, 0.6) is 0 Å². The fourth-order valence-electron chi connectivity index (χ4n) is 3.99. The van der Waals surface area contributed by atoms with E-state index in [2.05, 4.69) is 65.0 Å². The summed E-state index contributed by atoms with van der Waals surface area (Å²) in [5.41, 5.74) is 4.97. The summed E-state index contributed by atoms with van der Waals surface area (Å²) in [6.07, 6.45) is -0.362. The van der Waals surface area contributed by atoms with Gasteiger partial charge in [0.05, 0.1) is 12.6 Å². The zero-order chi connectivity index (χ0) is 17.4. The summed E-state index contributed by atoms with van der Waals surface area (Å²) in [6.45, 7) is 9.71. The van der Waals surface area contributed by atoms with Crippen LogP contribution in [0.2, 0.25) is 0 Å². The van der Waals surface area contributed by atoms with Gasteiger partial charge in [-0.15, -0.1) is 0 Å². The average molecular weight is 337 g/mol. The summed E-state index contributed by atoms with van der Waals surface area (Å²) in [5.74, 6) is 0. The van der Waals surface area contributed by atoms with Crippen molar-refractivity contribution in [2.24, 2.45) is 0 Å². The smallest absolute Gasteiger partial charge is 0.0845 e.